The second kappa shape index (κ2) is 5.88. The molecule has 0 unspecified atom stereocenters. The van der Waals surface area contributed by atoms with E-state index in [0.717, 1.165) is 6.42 Å². The van der Waals surface area contributed by atoms with Crippen LogP contribution in [0.2, 0.25) is 0 Å². The Kier molecular flexibility index (Phi) is 4.21. The first kappa shape index (κ1) is 13.6. The lowest BCUT2D eigenvalue weighted by Crippen LogP contribution is -2.36. The Hall–Kier alpha value is -1.82. The first-order valence-corrected chi connectivity index (χ1v) is 6.44. The quantitative estimate of drug-likeness (QED) is 0.820. The zero-order valence-corrected chi connectivity index (χ0v) is 11.4. The minimum atomic E-state index is -0.0996. The molecule has 2 heterocycles. The van der Waals surface area contributed by atoms with Crippen LogP contribution in [-0.2, 0) is 11.3 Å². The van der Waals surface area contributed by atoms with Crippen molar-refractivity contribution < 1.29 is 9.53 Å². The number of hydrogen-bond donors (Lipinski definition) is 1. The fraction of sp³-hybridized carbons (Fsp3) is 0.538. The summed E-state index contributed by atoms with van der Waals surface area (Å²) in [6.45, 7) is 4.58. The van der Waals surface area contributed by atoms with E-state index in [1.54, 1.807) is 22.9 Å². The number of carbonyl (C=O) groups is 1. The maximum Gasteiger partial charge on any atom is 0.276 e. The average Bonchev–Trinajstić information content (AvgIpc) is 2.80. The minimum absolute atomic E-state index is 0.0996. The molecule has 1 aliphatic heterocycles. The highest BCUT2D eigenvalue weighted by Gasteiger charge is 2.23. The molecule has 0 fully saturated rings. The van der Waals surface area contributed by atoms with Crippen LogP contribution in [0.4, 0.5) is 5.69 Å². The molecule has 1 aliphatic rings. The maximum atomic E-state index is 12.3. The Morgan fingerprint density at radius 1 is 1.58 bits per heavy atom. The van der Waals surface area contributed by atoms with Gasteiger partial charge in [-0.2, -0.15) is 5.10 Å². The van der Waals surface area contributed by atoms with Crippen molar-refractivity contribution in [2.24, 2.45) is 0 Å². The summed E-state index contributed by atoms with van der Waals surface area (Å²) in [6.07, 6.45) is 4.58. The van der Waals surface area contributed by atoms with E-state index in [9.17, 15) is 4.79 Å². The highest BCUT2D eigenvalue weighted by atomic mass is 16.5. The van der Waals surface area contributed by atoms with Gasteiger partial charge < -0.3 is 15.4 Å². The Labute approximate surface area is 112 Å². The smallest absolute Gasteiger partial charge is 0.276 e. The first-order valence-electron chi connectivity index (χ1n) is 6.44. The Morgan fingerprint density at radius 2 is 2.37 bits per heavy atom. The Morgan fingerprint density at radius 3 is 2.89 bits per heavy atom. The van der Waals surface area contributed by atoms with Gasteiger partial charge >= 0.3 is 0 Å². The van der Waals surface area contributed by atoms with Crippen LogP contribution in [0.3, 0.4) is 0 Å². The third-order valence-electron chi connectivity index (χ3n) is 3.24. The van der Waals surface area contributed by atoms with E-state index in [0.29, 0.717) is 37.6 Å². The minimum Gasteiger partial charge on any atom is -0.396 e. The lowest BCUT2D eigenvalue weighted by Gasteiger charge is -2.25. The van der Waals surface area contributed by atoms with Gasteiger partial charge in [0.1, 0.15) is 0 Å². The lowest BCUT2D eigenvalue weighted by molar-refractivity contribution is 0.0759. The topological polar surface area (TPSA) is 73.4 Å². The number of aryl methyl sites for hydroxylation is 1. The molecule has 0 spiro atoms. The Balaban J connectivity index is 2.07. The predicted octanol–water partition coefficient (Wildman–Crippen LogP) is 0.904. The third kappa shape index (κ3) is 2.96. The number of hydrogen-bond acceptors (Lipinski definition) is 4. The molecule has 0 bridgehead atoms. The van der Waals surface area contributed by atoms with Crippen LogP contribution in [0.25, 0.3) is 0 Å². The van der Waals surface area contributed by atoms with Crippen LogP contribution in [0.15, 0.2) is 17.8 Å². The normalized spacial score (nSPS) is 15.5. The molecule has 6 nitrogen and oxygen atoms in total. The van der Waals surface area contributed by atoms with Crippen molar-refractivity contribution in [3.63, 3.8) is 0 Å². The van der Waals surface area contributed by atoms with E-state index in [2.05, 4.69) is 5.10 Å². The molecule has 1 amide bonds. The number of rotatable bonds is 4. The van der Waals surface area contributed by atoms with Gasteiger partial charge in [0.2, 0.25) is 0 Å². The fourth-order valence-electron chi connectivity index (χ4n) is 2.13. The van der Waals surface area contributed by atoms with Crippen LogP contribution in [0.1, 0.15) is 23.8 Å². The molecule has 0 radical (unpaired) electrons. The van der Waals surface area contributed by atoms with Gasteiger partial charge in [0.05, 0.1) is 12.3 Å². The number of amides is 1. The van der Waals surface area contributed by atoms with Crippen molar-refractivity contribution in [1.29, 1.82) is 0 Å². The van der Waals surface area contributed by atoms with Gasteiger partial charge in [-0.1, -0.05) is 6.08 Å². The molecule has 19 heavy (non-hydrogen) atoms. The van der Waals surface area contributed by atoms with E-state index in [1.807, 2.05) is 13.0 Å². The van der Waals surface area contributed by atoms with Crippen LogP contribution < -0.4 is 5.73 Å². The lowest BCUT2D eigenvalue weighted by atomic mass is 10.1. The molecule has 2 N–H and O–H groups in total. The van der Waals surface area contributed by atoms with Gasteiger partial charge in [-0.05, 0) is 18.9 Å². The SMILES string of the molecule is CCn1cc(N)c(C(=O)N2CC=C(COC)CC2)n1. The van der Waals surface area contributed by atoms with Gasteiger partial charge in [-0.25, -0.2) is 0 Å². The summed E-state index contributed by atoms with van der Waals surface area (Å²) in [5.74, 6) is -0.0996. The number of anilines is 1. The van der Waals surface area contributed by atoms with Crippen LogP contribution >= 0.6 is 0 Å². The van der Waals surface area contributed by atoms with Crippen molar-refractivity contribution in [3.05, 3.63) is 23.5 Å². The summed E-state index contributed by atoms with van der Waals surface area (Å²) in [5.41, 5.74) is 7.86. The number of aromatic nitrogens is 2. The van der Waals surface area contributed by atoms with E-state index >= 15 is 0 Å². The van der Waals surface area contributed by atoms with Crippen molar-refractivity contribution in [1.82, 2.24) is 14.7 Å². The standard InChI is InChI=1S/C13H20N4O2/c1-3-17-8-11(14)12(15-17)13(18)16-6-4-10(5-7-16)9-19-2/h4,8H,3,5-7,9,14H2,1-2H3. The van der Waals surface area contributed by atoms with Gasteiger partial charge in [0.15, 0.2) is 5.69 Å². The molecule has 2 rings (SSSR count). The highest BCUT2D eigenvalue weighted by molar-refractivity contribution is 5.97. The van der Waals surface area contributed by atoms with E-state index in [4.69, 9.17) is 10.5 Å². The van der Waals surface area contributed by atoms with Crippen molar-refractivity contribution in [2.75, 3.05) is 32.5 Å². The summed E-state index contributed by atoms with van der Waals surface area (Å²) < 4.78 is 6.77. The van der Waals surface area contributed by atoms with Crippen LogP contribution in [-0.4, -0.2) is 47.4 Å². The van der Waals surface area contributed by atoms with Crippen molar-refractivity contribution >= 4 is 11.6 Å². The molecule has 0 atom stereocenters. The molecule has 1 aromatic heterocycles. The molecular weight excluding hydrogens is 244 g/mol. The maximum absolute atomic E-state index is 12.3. The summed E-state index contributed by atoms with van der Waals surface area (Å²) in [5, 5.41) is 4.21. The molecule has 1 aromatic rings. The van der Waals surface area contributed by atoms with Crippen molar-refractivity contribution in [2.45, 2.75) is 19.9 Å². The number of nitrogens with zero attached hydrogens (tertiary/aromatic N) is 3. The molecule has 0 aliphatic carbocycles. The van der Waals surface area contributed by atoms with E-state index in [-0.39, 0.29) is 5.91 Å². The zero-order valence-electron chi connectivity index (χ0n) is 11.4. The zero-order chi connectivity index (χ0) is 13.8. The highest BCUT2D eigenvalue weighted by Crippen LogP contribution is 2.16. The average molecular weight is 264 g/mol. The van der Waals surface area contributed by atoms with Gasteiger partial charge in [-0.15, -0.1) is 0 Å². The predicted molar refractivity (Wildman–Crippen MR) is 72.8 cm³/mol. The molecule has 0 saturated carbocycles. The molecule has 6 heteroatoms. The van der Waals surface area contributed by atoms with Gasteiger partial charge in [-0.3, -0.25) is 9.48 Å². The summed E-state index contributed by atoms with van der Waals surface area (Å²) in [7, 11) is 1.68. The number of carbonyl (C=O) groups excluding carboxylic acids is 1. The molecule has 0 aromatic carbocycles. The number of nitrogens with two attached hydrogens (primary N) is 1. The van der Waals surface area contributed by atoms with Crippen LogP contribution in [0, 0.1) is 0 Å². The first-order chi connectivity index (χ1) is 9.15. The largest absolute Gasteiger partial charge is 0.396 e. The van der Waals surface area contributed by atoms with E-state index in [1.165, 1.54) is 5.57 Å². The van der Waals surface area contributed by atoms with E-state index < -0.39 is 0 Å². The summed E-state index contributed by atoms with van der Waals surface area (Å²) >= 11 is 0. The van der Waals surface area contributed by atoms with Crippen LogP contribution in [0.5, 0.6) is 0 Å². The number of ether oxygens (including phenoxy) is 1. The summed E-state index contributed by atoms with van der Waals surface area (Å²) in [4.78, 5) is 14.1. The molecule has 0 saturated heterocycles. The number of methoxy groups -OCH3 is 1. The molecule has 104 valence electrons. The second-order valence-corrected chi connectivity index (χ2v) is 4.59. The van der Waals surface area contributed by atoms with Crippen molar-refractivity contribution in [3.8, 4) is 0 Å². The third-order valence-corrected chi connectivity index (χ3v) is 3.24. The summed E-state index contributed by atoms with van der Waals surface area (Å²) in [6, 6.07) is 0. The Bertz CT molecular complexity index is 493. The fourth-order valence-corrected chi connectivity index (χ4v) is 2.13. The molecular formula is C13H20N4O2. The van der Waals surface area contributed by atoms with Gasteiger partial charge in [0, 0.05) is 32.9 Å². The monoisotopic (exact) mass is 264 g/mol. The number of nitrogen functional groups attached to an aromatic ring is 1. The van der Waals surface area contributed by atoms with Gasteiger partial charge in [0.25, 0.3) is 5.91 Å². The second-order valence-electron chi connectivity index (χ2n) is 4.59.